The summed E-state index contributed by atoms with van der Waals surface area (Å²) in [7, 11) is 1.49. The van der Waals surface area contributed by atoms with Gasteiger partial charge in [0.1, 0.15) is 11.4 Å². The van der Waals surface area contributed by atoms with Crippen LogP contribution in [0.15, 0.2) is 30.5 Å². The molecule has 0 aliphatic carbocycles. The van der Waals surface area contributed by atoms with Gasteiger partial charge in [-0.1, -0.05) is 0 Å². The highest BCUT2D eigenvalue weighted by Gasteiger charge is 2.24. The minimum absolute atomic E-state index is 0.0833. The summed E-state index contributed by atoms with van der Waals surface area (Å²) in [5.41, 5.74) is 0.454. The van der Waals surface area contributed by atoms with Gasteiger partial charge in [0.15, 0.2) is 0 Å². The number of carbonyl (C=O) groups is 2. The van der Waals surface area contributed by atoms with Crippen LogP contribution in [-0.2, 0) is 4.74 Å². The Bertz CT molecular complexity index is 740. The first kappa shape index (κ1) is 16.6. The lowest BCUT2D eigenvalue weighted by molar-refractivity contribution is 0.00697. The lowest BCUT2D eigenvalue weighted by atomic mass is 10.0. The predicted molar refractivity (Wildman–Crippen MR) is 84.9 cm³/mol. The second-order valence-electron chi connectivity index (χ2n) is 5.98. The molecule has 0 bridgehead atoms. The van der Waals surface area contributed by atoms with Crippen LogP contribution in [0.2, 0.25) is 0 Å². The molecular weight excluding hydrogens is 298 g/mol. The van der Waals surface area contributed by atoms with E-state index in [9.17, 15) is 14.7 Å². The summed E-state index contributed by atoms with van der Waals surface area (Å²) in [5.74, 6) is -1.14. The lowest BCUT2D eigenvalue weighted by Gasteiger charge is -2.21. The van der Waals surface area contributed by atoms with Crippen molar-refractivity contribution in [1.82, 2.24) is 4.98 Å². The van der Waals surface area contributed by atoms with Crippen LogP contribution in [0.4, 0.5) is 0 Å². The largest absolute Gasteiger partial charge is 0.497 e. The number of carboxylic acids is 1. The van der Waals surface area contributed by atoms with E-state index in [1.807, 2.05) is 0 Å². The smallest absolute Gasteiger partial charge is 0.339 e. The standard InChI is InChI=1S/C17H19NO5/c1-17(2,3)23-16(21)13-9-10(22-4)5-6-11(13)14-12(15(19)20)7-8-18-14/h5-9,18H,1-4H3,(H,19,20). The summed E-state index contributed by atoms with van der Waals surface area (Å²) in [6.07, 6.45) is 1.52. The molecule has 0 radical (unpaired) electrons. The van der Waals surface area contributed by atoms with Crippen LogP contribution in [0.1, 0.15) is 41.5 Å². The van der Waals surface area contributed by atoms with Gasteiger partial charge in [-0.15, -0.1) is 0 Å². The Hall–Kier alpha value is -2.76. The molecule has 0 amide bonds. The third-order valence-electron chi connectivity index (χ3n) is 3.09. The van der Waals surface area contributed by atoms with E-state index in [1.165, 1.54) is 25.4 Å². The maximum Gasteiger partial charge on any atom is 0.339 e. The molecule has 2 aromatic rings. The number of aromatic carboxylic acids is 1. The normalized spacial score (nSPS) is 11.1. The summed E-state index contributed by atoms with van der Waals surface area (Å²) in [4.78, 5) is 26.7. The zero-order valence-electron chi connectivity index (χ0n) is 13.5. The van der Waals surface area contributed by atoms with Crippen LogP contribution in [0.3, 0.4) is 0 Å². The average molecular weight is 317 g/mol. The molecule has 1 heterocycles. The number of ether oxygens (including phenoxy) is 2. The minimum atomic E-state index is -1.08. The van der Waals surface area contributed by atoms with Crippen molar-refractivity contribution < 1.29 is 24.2 Å². The van der Waals surface area contributed by atoms with Crippen molar-refractivity contribution in [3.05, 3.63) is 41.6 Å². The Morgan fingerprint density at radius 2 is 1.83 bits per heavy atom. The van der Waals surface area contributed by atoms with E-state index in [1.54, 1.807) is 32.9 Å². The molecule has 1 aromatic heterocycles. The Kier molecular flexibility index (Phi) is 4.45. The predicted octanol–water partition coefficient (Wildman–Crippen LogP) is 3.34. The molecule has 0 aliphatic heterocycles. The third kappa shape index (κ3) is 3.71. The van der Waals surface area contributed by atoms with Crippen molar-refractivity contribution in [1.29, 1.82) is 0 Å². The highest BCUT2D eigenvalue weighted by molar-refractivity contribution is 6.02. The quantitative estimate of drug-likeness (QED) is 0.844. The van der Waals surface area contributed by atoms with E-state index in [-0.39, 0.29) is 11.1 Å². The number of methoxy groups -OCH3 is 1. The molecule has 2 N–H and O–H groups in total. The first-order valence-electron chi connectivity index (χ1n) is 7.05. The number of esters is 1. The highest BCUT2D eigenvalue weighted by atomic mass is 16.6. The molecule has 0 spiro atoms. The monoisotopic (exact) mass is 317 g/mol. The van der Waals surface area contributed by atoms with Gasteiger partial charge in [-0.05, 0) is 45.0 Å². The SMILES string of the molecule is COc1ccc(-c2[nH]ccc2C(=O)O)c(C(=O)OC(C)(C)C)c1. The molecule has 0 saturated carbocycles. The molecule has 0 saturated heterocycles. The van der Waals surface area contributed by atoms with Gasteiger partial charge in [-0.3, -0.25) is 0 Å². The van der Waals surface area contributed by atoms with Crippen LogP contribution in [0.25, 0.3) is 11.3 Å². The average Bonchev–Trinajstić information content (AvgIpc) is 2.94. The molecule has 0 fully saturated rings. The molecule has 2 rings (SSSR count). The molecule has 6 heteroatoms. The molecule has 0 aliphatic rings. The summed E-state index contributed by atoms with van der Waals surface area (Å²) >= 11 is 0. The fourth-order valence-corrected chi connectivity index (χ4v) is 2.14. The van der Waals surface area contributed by atoms with Crippen molar-refractivity contribution in [2.75, 3.05) is 7.11 Å². The summed E-state index contributed by atoms with van der Waals surface area (Å²) in [6, 6.07) is 6.28. The first-order valence-corrected chi connectivity index (χ1v) is 7.05. The number of aromatic nitrogens is 1. The maximum atomic E-state index is 12.5. The molecule has 0 unspecified atom stereocenters. The van der Waals surface area contributed by atoms with Gasteiger partial charge in [-0.25, -0.2) is 9.59 Å². The second kappa shape index (κ2) is 6.16. The van der Waals surface area contributed by atoms with E-state index < -0.39 is 17.5 Å². The third-order valence-corrected chi connectivity index (χ3v) is 3.09. The fraction of sp³-hybridized carbons (Fsp3) is 0.294. The number of carbonyl (C=O) groups excluding carboxylic acids is 1. The number of carboxylic acid groups (broad SMARTS) is 1. The van der Waals surface area contributed by atoms with Crippen molar-refractivity contribution in [3.8, 4) is 17.0 Å². The first-order chi connectivity index (χ1) is 10.7. The molecular formula is C17H19NO5. The Morgan fingerprint density at radius 3 is 2.39 bits per heavy atom. The number of aromatic amines is 1. The van der Waals surface area contributed by atoms with Gasteiger partial charge in [0.05, 0.1) is 23.9 Å². The van der Waals surface area contributed by atoms with E-state index in [0.29, 0.717) is 17.0 Å². The zero-order chi connectivity index (χ0) is 17.2. The van der Waals surface area contributed by atoms with E-state index >= 15 is 0 Å². The Balaban J connectivity index is 2.57. The van der Waals surface area contributed by atoms with Gasteiger partial charge in [-0.2, -0.15) is 0 Å². The van der Waals surface area contributed by atoms with Gasteiger partial charge in [0.2, 0.25) is 0 Å². The van der Waals surface area contributed by atoms with Gasteiger partial charge >= 0.3 is 11.9 Å². The van der Waals surface area contributed by atoms with Crippen molar-refractivity contribution in [2.45, 2.75) is 26.4 Å². The number of rotatable bonds is 4. The topological polar surface area (TPSA) is 88.6 Å². The van der Waals surface area contributed by atoms with Crippen molar-refractivity contribution >= 4 is 11.9 Å². The summed E-state index contributed by atoms with van der Waals surface area (Å²) < 4.78 is 10.6. The number of hydrogen-bond acceptors (Lipinski definition) is 4. The highest BCUT2D eigenvalue weighted by Crippen LogP contribution is 2.30. The fourth-order valence-electron chi connectivity index (χ4n) is 2.14. The van der Waals surface area contributed by atoms with Crippen LogP contribution in [0.5, 0.6) is 5.75 Å². The van der Waals surface area contributed by atoms with E-state index in [4.69, 9.17) is 9.47 Å². The maximum absolute atomic E-state index is 12.5. The van der Waals surface area contributed by atoms with E-state index in [2.05, 4.69) is 4.98 Å². The Labute approximate surface area is 134 Å². The molecule has 1 aromatic carbocycles. The summed E-state index contributed by atoms with van der Waals surface area (Å²) in [6.45, 7) is 5.30. The number of benzene rings is 1. The number of nitrogens with one attached hydrogen (secondary N) is 1. The van der Waals surface area contributed by atoms with Crippen molar-refractivity contribution in [2.24, 2.45) is 0 Å². The van der Waals surface area contributed by atoms with Crippen LogP contribution in [-0.4, -0.2) is 34.7 Å². The summed E-state index contributed by atoms with van der Waals surface area (Å²) in [5, 5.41) is 9.27. The van der Waals surface area contributed by atoms with Crippen LogP contribution < -0.4 is 4.74 Å². The number of H-pyrrole nitrogens is 1. The van der Waals surface area contributed by atoms with Crippen LogP contribution >= 0.6 is 0 Å². The van der Waals surface area contributed by atoms with Crippen molar-refractivity contribution in [3.63, 3.8) is 0 Å². The zero-order valence-corrected chi connectivity index (χ0v) is 13.5. The number of hydrogen-bond donors (Lipinski definition) is 2. The second-order valence-corrected chi connectivity index (χ2v) is 5.98. The van der Waals surface area contributed by atoms with Gasteiger partial charge in [0.25, 0.3) is 0 Å². The molecule has 6 nitrogen and oxygen atoms in total. The minimum Gasteiger partial charge on any atom is -0.497 e. The molecule has 122 valence electrons. The van der Waals surface area contributed by atoms with Gasteiger partial charge in [0, 0.05) is 11.8 Å². The van der Waals surface area contributed by atoms with Gasteiger partial charge < -0.3 is 19.6 Å². The lowest BCUT2D eigenvalue weighted by Crippen LogP contribution is -2.24. The molecule has 0 atom stereocenters. The van der Waals surface area contributed by atoms with E-state index in [0.717, 1.165) is 0 Å². The van der Waals surface area contributed by atoms with Crippen LogP contribution in [0, 0.1) is 0 Å². The molecule has 23 heavy (non-hydrogen) atoms. The Morgan fingerprint density at radius 1 is 1.13 bits per heavy atom.